The minimum Gasteiger partial charge on any atom is -0.493 e. The smallest absolute Gasteiger partial charge is 0.243 e. The van der Waals surface area contributed by atoms with Crippen LogP contribution < -0.4 is 10.1 Å². The molecule has 1 fully saturated rings. The lowest BCUT2D eigenvalue weighted by atomic mass is 10.0. The van der Waals surface area contributed by atoms with Gasteiger partial charge in [-0.25, -0.2) is 12.8 Å². The van der Waals surface area contributed by atoms with E-state index in [9.17, 15) is 22.4 Å². The molecule has 0 aliphatic carbocycles. The summed E-state index contributed by atoms with van der Waals surface area (Å²) in [5, 5.41) is 3.03. The highest BCUT2D eigenvalue weighted by Crippen LogP contribution is 2.26. The number of nitrogens with zero attached hydrogens (tertiary/aromatic N) is 3. The van der Waals surface area contributed by atoms with Crippen LogP contribution in [0.3, 0.4) is 0 Å². The maximum absolute atomic E-state index is 13.7. The number of ether oxygens (including phenoxy) is 1. The fourth-order valence-electron chi connectivity index (χ4n) is 5.84. The van der Waals surface area contributed by atoms with Crippen LogP contribution in [-0.2, 0) is 32.6 Å². The lowest BCUT2D eigenvalue weighted by Crippen LogP contribution is -2.40. The van der Waals surface area contributed by atoms with Crippen molar-refractivity contribution in [2.75, 3.05) is 39.8 Å². The first-order chi connectivity index (χ1) is 21.0. The van der Waals surface area contributed by atoms with Crippen molar-refractivity contribution >= 4 is 21.8 Å². The first-order valence-corrected chi connectivity index (χ1v) is 17.3. The first kappa shape index (κ1) is 33.9. The summed E-state index contributed by atoms with van der Waals surface area (Å²) in [6.45, 7) is 7.38. The fraction of sp³-hybridized carbons (Fsp3) is 0.576. The highest BCUT2D eigenvalue weighted by Gasteiger charge is 2.31. The Morgan fingerprint density at radius 2 is 1.89 bits per heavy atom. The van der Waals surface area contributed by atoms with E-state index in [1.165, 1.54) is 29.6 Å². The molecule has 0 spiro atoms. The average Bonchev–Trinajstić information content (AvgIpc) is 3.25. The Hall–Kier alpha value is -3.02. The van der Waals surface area contributed by atoms with E-state index in [4.69, 9.17) is 4.74 Å². The molecule has 0 bridgehead atoms. The van der Waals surface area contributed by atoms with Crippen molar-refractivity contribution in [2.45, 2.75) is 88.7 Å². The van der Waals surface area contributed by atoms with Gasteiger partial charge >= 0.3 is 0 Å². The monoisotopic (exact) mass is 630 g/mol. The predicted molar refractivity (Wildman–Crippen MR) is 168 cm³/mol. The van der Waals surface area contributed by atoms with Crippen LogP contribution in [0.15, 0.2) is 47.4 Å². The zero-order chi connectivity index (χ0) is 31.7. The summed E-state index contributed by atoms with van der Waals surface area (Å²) in [7, 11) is -2.31. The van der Waals surface area contributed by atoms with Gasteiger partial charge in [0.25, 0.3) is 0 Å². The van der Waals surface area contributed by atoms with Gasteiger partial charge in [0.15, 0.2) is 0 Å². The van der Waals surface area contributed by atoms with Crippen molar-refractivity contribution in [3.63, 3.8) is 0 Å². The molecule has 11 heteroatoms. The predicted octanol–water partition coefficient (Wildman–Crippen LogP) is 4.35. The van der Waals surface area contributed by atoms with Gasteiger partial charge in [0, 0.05) is 57.3 Å². The van der Waals surface area contributed by atoms with Crippen molar-refractivity contribution in [3.05, 3.63) is 59.4 Å². The van der Waals surface area contributed by atoms with Gasteiger partial charge in [0.1, 0.15) is 11.6 Å². The topological polar surface area (TPSA) is 99.3 Å². The average molecular weight is 631 g/mol. The standard InChI is InChI=1S/C33H47FN4O5S/c1-25(2)38-23-27-21-26(12-14-31(27)43-20-6-4-5-17-35-32(39)24-38)13-15-33(40)37-18-8-10-29(16-19-37)36(3)44(41,42)30-11-7-9-28(34)22-30/h7,9,11-12,14,21-22,25,29H,4-6,8,10,13,15-20,23-24H2,1-3H3,(H,35,39). The van der Waals surface area contributed by atoms with Crippen LogP contribution in [0.1, 0.15) is 69.9 Å². The maximum Gasteiger partial charge on any atom is 0.243 e. The lowest BCUT2D eigenvalue weighted by Gasteiger charge is -2.27. The molecule has 2 amide bonds. The SMILES string of the molecule is CC(C)N1CC(=O)NCCCCCOc2ccc(CCC(=O)N3CCCC(N(C)S(=O)(=O)c4cccc(F)c4)CC3)cc2C1. The zero-order valence-electron chi connectivity index (χ0n) is 26.3. The van der Waals surface area contributed by atoms with Crippen LogP contribution in [0.4, 0.5) is 4.39 Å². The summed E-state index contributed by atoms with van der Waals surface area (Å²) in [5.41, 5.74) is 2.04. The van der Waals surface area contributed by atoms with Gasteiger partial charge in [-0.05, 0) is 88.6 Å². The number of carbonyl (C=O) groups is 2. The molecule has 4 rings (SSSR count). The number of nitrogens with one attached hydrogen (secondary N) is 1. The molecule has 2 aromatic rings. The maximum atomic E-state index is 13.7. The zero-order valence-corrected chi connectivity index (χ0v) is 27.1. The molecule has 2 aromatic carbocycles. The Morgan fingerprint density at radius 3 is 2.66 bits per heavy atom. The molecule has 1 atom stereocenters. The Kier molecular flexibility index (Phi) is 12.2. The van der Waals surface area contributed by atoms with E-state index in [2.05, 4.69) is 30.1 Å². The first-order valence-electron chi connectivity index (χ1n) is 15.8. The number of fused-ring (bicyclic) bond motifs is 1. The van der Waals surface area contributed by atoms with E-state index in [-0.39, 0.29) is 28.8 Å². The quantitative estimate of drug-likeness (QED) is 0.489. The van der Waals surface area contributed by atoms with Gasteiger partial charge in [0.2, 0.25) is 21.8 Å². The second-order valence-electron chi connectivity index (χ2n) is 12.1. The van der Waals surface area contributed by atoms with Gasteiger partial charge in [-0.15, -0.1) is 0 Å². The van der Waals surface area contributed by atoms with Crippen LogP contribution >= 0.6 is 0 Å². The Bertz CT molecular complexity index is 1390. The number of carbonyl (C=O) groups excluding carboxylic acids is 2. The molecule has 0 aromatic heterocycles. The number of likely N-dealkylation sites (tertiary alicyclic amines) is 1. The number of aryl methyl sites for hydroxylation is 1. The second-order valence-corrected chi connectivity index (χ2v) is 14.1. The number of halogens is 1. The van der Waals surface area contributed by atoms with Crippen LogP contribution in [0.5, 0.6) is 5.75 Å². The largest absolute Gasteiger partial charge is 0.493 e. The highest BCUT2D eigenvalue weighted by molar-refractivity contribution is 7.89. The van der Waals surface area contributed by atoms with Crippen LogP contribution in [-0.4, -0.2) is 86.3 Å². The minimum atomic E-state index is -3.84. The molecule has 2 heterocycles. The summed E-state index contributed by atoms with van der Waals surface area (Å²) < 4.78 is 47.4. The molecule has 1 N–H and O–H groups in total. The van der Waals surface area contributed by atoms with Crippen molar-refractivity contribution < 1.29 is 27.1 Å². The van der Waals surface area contributed by atoms with Crippen LogP contribution in [0.25, 0.3) is 0 Å². The van der Waals surface area contributed by atoms with E-state index in [0.29, 0.717) is 71.4 Å². The van der Waals surface area contributed by atoms with Gasteiger partial charge in [-0.2, -0.15) is 4.31 Å². The van der Waals surface area contributed by atoms with E-state index in [1.54, 1.807) is 0 Å². The van der Waals surface area contributed by atoms with Crippen LogP contribution in [0.2, 0.25) is 0 Å². The Labute approximate surface area is 261 Å². The third-order valence-electron chi connectivity index (χ3n) is 8.64. The molecule has 2 aliphatic heterocycles. The Morgan fingerprint density at radius 1 is 1.07 bits per heavy atom. The van der Waals surface area contributed by atoms with Gasteiger partial charge in [0.05, 0.1) is 18.0 Å². The minimum absolute atomic E-state index is 0.0274. The molecular formula is C33H47FN4O5S. The van der Waals surface area contributed by atoms with Crippen molar-refractivity contribution in [1.82, 2.24) is 19.4 Å². The van der Waals surface area contributed by atoms with E-state index in [1.807, 2.05) is 17.0 Å². The number of hydrogen-bond acceptors (Lipinski definition) is 6. The van der Waals surface area contributed by atoms with E-state index >= 15 is 0 Å². The number of rotatable bonds is 7. The molecular weight excluding hydrogens is 583 g/mol. The number of sulfonamides is 1. The van der Waals surface area contributed by atoms with E-state index in [0.717, 1.165) is 42.2 Å². The summed E-state index contributed by atoms with van der Waals surface area (Å²) >= 11 is 0. The van der Waals surface area contributed by atoms with Gasteiger partial charge in [-0.3, -0.25) is 14.5 Å². The molecule has 0 radical (unpaired) electrons. The Balaban J connectivity index is 1.38. The van der Waals surface area contributed by atoms with Crippen molar-refractivity contribution in [3.8, 4) is 5.75 Å². The summed E-state index contributed by atoms with van der Waals surface area (Å²) in [6.07, 6.45) is 5.59. The van der Waals surface area contributed by atoms with Crippen LogP contribution in [0, 0.1) is 5.82 Å². The third-order valence-corrected chi connectivity index (χ3v) is 10.5. The number of benzene rings is 2. The number of hydrogen-bond donors (Lipinski definition) is 1. The summed E-state index contributed by atoms with van der Waals surface area (Å²) in [6, 6.07) is 11.1. The normalized spacial score (nSPS) is 19.6. The molecule has 0 saturated carbocycles. The molecule has 2 aliphatic rings. The van der Waals surface area contributed by atoms with Crippen molar-refractivity contribution in [1.29, 1.82) is 0 Å². The molecule has 9 nitrogen and oxygen atoms in total. The highest BCUT2D eigenvalue weighted by atomic mass is 32.2. The van der Waals surface area contributed by atoms with Crippen molar-refractivity contribution in [2.24, 2.45) is 0 Å². The molecule has 44 heavy (non-hydrogen) atoms. The number of amides is 2. The lowest BCUT2D eigenvalue weighted by molar-refractivity contribution is -0.131. The van der Waals surface area contributed by atoms with Gasteiger partial charge in [-0.1, -0.05) is 18.2 Å². The molecule has 242 valence electrons. The third kappa shape index (κ3) is 9.25. The summed E-state index contributed by atoms with van der Waals surface area (Å²) in [5.74, 6) is 0.300. The fourth-order valence-corrected chi connectivity index (χ4v) is 7.29. The van der Waals surface area contributed by atoms with Gasteiger partial charge < -0.3 is 15.0 Å². The molecule has 1 saturated heterocycles. The molecule has 1 unspecified atom stereocenters. The second kappa shape index (κ2) is 15.8. The summed E-state index contributed by atoms with van der Waals surface area (Å²) in [4.78, 5) is 29.7. The van der Waals surface area contributed by atoms with E-state index < -0.39 is 15.8 Å².